The number of aromatic nitrogens is 2. The average molecular weight is 328 g/mol. The molecule has 0 bridgehead atoms. The van der Waals surface area contributed by atoms with Crippen LogP contribution in [-0.2, 0) is 6.42 Å². The number of hydrogen-bond acceptors (Lipinski definition) is 4. The molecule has 0 fully saturated rings. The Labute approximate surface area is 142 Å². The van der Waals surface area contributed by atoms with E-state index in [1.807, 2.05) is 6.07 Å². The Kier molecular flexibility index (Phi) is 4.83. The molecule has 3 rings (SSSR count). The predicted molar refractivity (Wildman–Crippen MR) is 95.0 cm³/mol. The zero-order valence-corrected chi connectivity index (χ0v) is 14.3. The number of nitro benzene ring substituents is 1. The molecule has 0 saturated heterocycles. The van der Waals surface area contributed by atoms with E-state index >= 15 is 0 Å². The van der Waals surface area contributed by atoms with Gasteiger partial charge in [0.05, 0.1) is 10.6 Å². The molecule has 0 atom stereocenters. The van der Waals surface area contributed by atoms with Crippen molar-refractivity contribution in [2.75, 3.05) is 11.9 Å². The van der Waals surface area contributed by atoms with Gasteiger partial charge in [0.1, 0.15) is 11.5 Å². The van der Waals surface area contributed by atoms with E-state index in [0.29, 0.717) is 11.6 Å². The number of para-hydroxylation sites is 2. The third kappa shape index (κ3) is 2.88. The molecule has 1 aromatic carbocycles. The van der Waals surface area contributed by atoms with Crippen LogP contribution in [0.3, 0.4) is 0 Å². The van der Waals surface area contributed by atoms with E-state index in [1.54, 1.807) is 16.8 Å². The Bertz CT molecular complexity index is 735. The van der Waals surface area contributed by atoms with Gasteiger partial charge in [-0.1, -0.05) is 26.0 Å². The lowest BCUT2D eigenvalue weighted by Crippen LogP contribution is -2.09. The quantitative estimate of drug-likeness (QED) is 0.651. The summed E-state index contributed by atoms with van der Waals surface area (Å²) in [6.45, 7) is 5.23. The third-order valence-corrected chi connectivity index (χ3v) is 4.84. The molecular formula is C18H24N4O2. The maximum atomic E-state index is 11.4. The Morgan fingerprint density at radius 2 is 2.04 bits per heavy atom. The van der Waals surface area contributed by atoms with Gasteiger partial charge in [-0.25, -0.2) is 4.68 Å². The number of anilines is 1. The highest BCUT2D eigenvalue weighted by Crippen LogP contribution is 2.36. The van der Waals surface area contributed by atoms with Crippen LogP contribution in [0.2, 0.25) is 0 Å². The minimum Gasteiger partial charge on any atom is -0.370 e. The second kappa shape index (κ2) is 7.03. The van der Waals surface area contributed by atoms with Crippen LogP contribution in [0.5, 0.6) is 0 Å². The molecule has 6 nitrogen and oxygen atoms in total. The van der Waals surface area contributed by atoms with Crippen molar-refractivity contribution in [1.29, 1.82) is 0 Å². The van der Waals surface area contributed by atoms with Gasteiger partial charge < -0.3 is 5.32 Å². The summed E-state index contributed by atoms with van der Waals surface area (Å²) in [5.41, 5.74) is 2.96. The summed E-state index contributed by atoms with van der Waals surface area (Å²) in [5, 5.41) is 19.7. The lowest BCUT2D eigenvalue weighted by molar-refractivity contribution is -0.384. The molecule has 0 unspecified atom stereocenters. The molecule has 0 radical (unpaired) electrons. The zero-order chi connectivity index (χ0) is 17.1. The van der Waals surface area contributed by atoms with E-state index in [9.17, 15) is 10.1 Å². The molecule has 1 aliphatic rings. The first-order valence-corrected chi connectivity index (χ1v) is 8.76. The van der Waals surface area contributed by atoms with Crippen LogP contribution in [0.4, 0.5) is 11.5 Å². The molecule has 128 valence electrons. The van der Waals surface area contributed by atoms with E-state index in [1.165, 1.54) is 11.6 Å². The van der Waals surface area contributed by atoms with E-state index in [4.69, 9.17) is 5.10 Å². The fraction of sp³-hybridized carbons (Fsp3) is 0.500. The SMILES string of the molecule is CCC(CC)c1nn(-c2ccccc2[N+](=O)[O-])c2c1CCCCN2. The predicted octanol–water partition coefficient (Wildman–Crippen LogP) is 4.43. The number of benzene rings is 1. The summed E-state index contributed by atoms with van der Waals surface area (Å²) in [7, 11) is 0. The molecule has 2 heterocycles. The molecule has 1 N–H and O–H groups in total. The van der Waals surface area contributed by atoms with Crippen LogP contribution < -0.4 is 5.32 Å². The molecular weight excluding hydrogens is 304 g/mol. The summed E-state index contributed by atoms with van der Waals surface area (Å²) in [5.74, 6) is 1.33. The standard InChI is InChI=1S/C18H24N4O2/c1-3-13(4-2)17-14-9-7-8-12-19-18(14)21(20-17)15-10-5-6-11-16(15)22(23)24/h5-6,10-11,13,19H,3-4,7-9,12H2,1-2H3. The Morgan fingerprint density at radius 1 is 1.29 bits per heavy atom. The summed E-state index contributed by atoms with van der Waals surface area (Å²) >= 11 is 0. The maximum absolute atomic E-state index is 11.4. The van der Waals surface area contributed by atoms with Crippen molar-refractivity contribution < 1.29 is 4.92 Å². The summed E-state index contributed by atoms with van der Waals surface area (Å²) in [6, 6.07) is 6.83. The molecule has 0 aliphatic carbocycles. The fourth-order valence-corrected chi connectivity index (χ4v) is 3.50. The number of fused-ring (bicyclic) bond motifs is 1. The summed E-state index contributed by atoms with van der Waals surface area (Å²) < 4.78 is 1.76. The fourth-order valence-electron chi connectivity index (χ4n) is 3.50. The van der Waals surface area contributed by atoms with Crippen molar-refractivity contribution in [3.8, 4) is 5.69 Å². The van der Waals surface area contributed by atoms with Gasteiger partial charge in [-0.3, -0.25) is 10.1 Å². The Hall–Kier alpha value is -2.37. The van der Waals surface area contributed by atoms with Gasteiger partial charge in [-0.05, 0) is 38.2 Å². The minimum atomic E-state index is -0.336. The second-order valence-corrected chi connectivity index (χ2v) is 6.27. The van der Waals surface area contributed by atoms with Gasteiger partial charge in [0.2, 0.25) is 0 Å². The molecule has 0 amide bonds. The van der Waals surface area contributed by atoms with Crippen LogP contribution in [0.15, 0.2) is 24.3 Å². The van der Waals surface area contributed by atoms with Crippen LogP contribution in [0.25, 0.3) is 5.69 Å². The van der Waals surface area contributed by atoms with Crippen molar-refractivity contribution >= 4 is 11.5 Å². The molecule has 2 aromatic rings. The Balaban J connectivity index is 2.20. The number of nitrogens with one attached hydrogen (secondary N) is 1. The highest BCUT2D eigenvalue weighted by molar-refractivity contribution is 5.60. The number of rotatable bonds is 5. The van der Waals surface area contributed by atoms with Gasteiger partial charge in [-0.15, -0.1) is 0 Å². The first-order chi connectivity index (χ1) is 11.7. The lowest BCUT2D eigenvalue weighted by atomic mass is 9.94. The van der Waals surface area contributed by atoms with Crippen molar-refractivity contribution in [3.05, 3.63) is 45.6 Å². The summed E-state index contributed by atoms with van der Waals surface area (Å²) in [6.07, 6.45) is 5.26. The molecule has 24 heavy (non-hydrogen) atoms. The van der Waals surface area contributed by atoms with E-state index in [-0.39, 0.29) is 10.6 Å². The van der Waals surface area contributed by atoms with E-state index < -0.39 is 0 Å². The second-order valence-electron chi connectivity index (χ2n) is 6.27. The first kappa shape index (κ1) is 16.5. The normalized spacial score (nSPS) is 14.1. The van der Waals surface area contributed by atoms with Crippen LogP contribution in [0, 0.1) is 10.1 Å². The molecule has 1 aliphatic heterocycles. The largest absolute Gasteiger partial charge is 0.370 e. The molecule has 0 spiro atoms. The zero-order valence-electron chi connectivity index (χ0n) is 14.3. The highest BCUT2D eigenvalue weighted by Gasteiger charge is 2.27. The van der Waals surface area contributed by atoms with Crippen molar-refractivity contribution in [1.82, 2.24) is 9.78 Å². The molecule has 6 heteroatoms. The van der Waals surface area contributed by atoms with Crippen LogP contribution in [0.1, 0.15) is 56.7 Å². The van der Waals surface area contributed by atoms with Gasteiger partial charge in [0.15, 0.2) is 0 Å². The van der Waals surface area contributed by atoms with Crippen molar-refractivity contribution in [2.45, 2.75) is 51.9 Å². The number of hydrogen-bond donors (Lipinski definition) is 1. The third-order valence-electron chi connectivity index (χ3n) is 4.84. The van der Waals surface area contributed by atoms with Crippen molar-refractivity contribution in [2.24, 2.45) is 0 Å². The minimum absolute atomic E-state index is 0.0879. The number of nitrogens with zero attached hydrogens (tertiary/aromatic N) is 3. The van der Waals surface area contributed by atoms with Gasteiger partial charge in [0, 0.05) is 24.1 Å². The molecule has 0 saturated carbocycles. The molecule has 1 aromatic heterocycles. The smallest absolute Gasteiger partial charge is 0.294 e. The Morgan fingerprint density at radius 3 is 2.75 bits per heavy atom. The topological polar surface area (TPSA) is 73.0 Å². The van der Waals surface area contributed by atoms with Gasteiger partial charge in [0.25, 0.3) is 5.69 Å². The first-order valence-electron chi connectivity index (χ1n) is 8.76. The number of nitro groups is 1. The average Bonchev–Trinajstić information content (AvgIpc) is 2.78. The highest BCUT2D eigenvalue weighted by atomic mass is 16.6. The monoisotopic (exact) mass is 328 g/mol. The lowest BCUT2D eigenvalue weighted by Gasteiger charge is -2.11. The van der Waals surface area contributed by atoms with E-state index in [2.05, 4.69) is 19.2 Å². The summed E-state index contributed by atoms with van der Waals surface area (Å²) in [4.78, 5) is 11.1. The van der Waals surface area contributed by atoms with Gasteiger partial charge in [-0.2, -0.15) is 5.10 Å². The maximum Gasteiger partial charge on any atom is 0.294 e. The van der Waals surface area contributed by atoms with Crippen molar-refractivity contribution in [3.63, 3.8) is 0 Å². The van der Waals surface area contributed by atoms with E-state index in [0.717, 1.165) is 50.2 Å². The van der Waals surface area contributed by atoms with Crippen LogP contribution >= 0.6 is 0 Å². The van der Waals surface area contributed by atoms with Gasteiger partial charge >= 0.3 is 0 Å². The van der Waals surface area contributed by atoms with Crippen LogP contribution in [-0.4, -0.2) is 21.2 Å².